The van der Waals surface area contributed by atoms with Gasteiger partial charge < -0.3 is 18.3 Å². The fourth-order valence-electron chi connectivity index (χ4n) is 11.5. The van der Waals surface area contributed by atoms with Crippen molar-refractivity contribution < 1.29 is 0 Å². The van der Waals surface area contributed by atoms with Crippen molar-refractivity contribution in [2.75, 3.05) is 4.90 Å². The first-order valence-corrected chi connectivity index (χ1v) is 30.5. The Hall–Kier alpha value is -9.38. The second-order valence-electron chi connectivity index (χ2n) is 24.2. The number of hydrogen-bond acceptors (Lipinski definition) is 1. The first-order chi connectivity index (χ1) is 41.3. The molecular weight excluding hydrogens is 1040 g/mol. The van der Waals surface area contributed by atoms with Gasteiger partial charge in [0.25, 0.3) is 0 Å². The van der Waals surface area contributed by atoms with Crippen LogP contribution in [0.1, 0.15) is 89.6 Å². The van der Waals surface area contributed by atoms with Crippen molar-refractivity contribution in [3.8, 4) is 0 Å². The molecule has 16 aromatic rings. The molecule has 86 heavy (non-hydrogen) atoms. The van der Waals surface area contributed by atoms with Crippen LogP contribution >= 0.6 is 0 Å². The van der Waals surface area contributed by atoms with Gasteiger partial charge >= 0.3 is 0 Å². The van der Waals surface area contributed by atoms with E-state index >= 15 is 0 Å². The Kier molecular flexibility index (Phi) is 19.9. The summed E-state index contributed by atoms with van der Waals surface area (Å²) in [5.41, 5.74) is 14.1. The molecule has 16 rings (SSSR count). The average molecular weight is 1130 g/mol. The van der Waals surface area contributed by atoms with Gasteiger partial charge in [0.1, 0.15) is 0 Å². The fraction of sp³-hybridized carbons (Fsp3) is 0.195. The Labute approximate surface area is 510 Å². The quantitative estimate of drug-likeness (QED) is 0.172. The normalized spacial score (nSPS) is 11.1. The number of para-hydroxylation sites is 11. The van der Waals surface area contributed by atoms with Gasteiger partial charge in [0.05, 0.1) is 33.1 Å². The number of anilines is 3. The molecule has 0 fully saturated rings. The number of aromatic nitrogens is 3. The van der Waals surface area contributed by atoms with Crippen molar-refractivity contribution in [2.45, 2.75) is 89.6 Å². The summed E-state index contributed by atoms with van der Waals surface area (Å²) >= 11 is 0. The maximum absolute atomic E-state index is 2.41. The summed E-state index contributed by atoms with van der Waals surface area (Å²) < 4.78 is 7.20. The summed E-state index contributed by atoms with van der Waals surface area (Å²) in [5.74, 6) is 2.50. The fourth-order valence-corrected chi connectivity index (χ4v) is 11.5. The van der Waals surface area contributed by atoms with Crippen molar-refractivity contribution in [2.24, 2.45) is 17.8 Å². The highest BCUT2D eigenvalue weighted by atomic mass is 15.1. The largest absolute Gasteiger partial charge is 0.338 e. The number of fused-ring (bicyclic) bond motifs is 15. The molecule has 11 aromatic carbocycles. The van der Waals surface area contributed by atoms with Gasteiger partial charge in [-0.3, -0.25) is 0 Å². The van der Waals surface area contributed by atoms with Gasteiger partial charge in [-0.05, 0) is 104 Å². The molecule has 0 atom stereocenters. The molecule has 0 spiro atoms. The summed E-state index contributed by atoms with van der Waals surface area (Å²) in [4.78, 5) is 2.25. The van der Waals surface area contributed by atoms with E-state index in [1.54, 1.807) is 0 Å². The van der Waals surface area contributed by atoms with E-state index in [1.807, 2.05) is 18.2 Å². The van der Waals surface area contributed by atoms with Crippen molar-refractivity contribution in [3.05, 3.63) is 273 Å². The van der Waals surface area contributed by atoms with Crippen LogP contribution in [0.15, 0.2) is 273 Å². The topological polar surface area (TPSA) is 17.0 Å². The predicted molar refractivity (Wildman–Crippen MR) is 381 cm³/mol. The lowest BCUT2D eigenvalue weighted by atomic mass is 10.1. The van der Waals surface area contributed by atoms with Crippen LogP contribution in [0.2, 0.25) is 0 Å². The molecule has 0 N–H and O–H groups in total. The van der Waals surface area contributed by atoms with Crippen LogP contribution in [0.4, 0.5) is 17.1 Å². The van der Waals surface area contributed by atoms with Gasteiger partial charge in [0.15, 0.2) is 0 Å². The monoisotopic (exact) mass is 1130 g/mol. The highest BCUT2D eigenvalue weighted by Crippen LogP contribution is 2.41. The third-order valence-corrected chi connectivity index (χ3v) is 14.4. The maximum atomic E-state index is 2.41. The molecule has 4 nitrogen and oxygen atoms in total. The number of hydrogen-bond donors (Lipinski definition) is 0. The SMILES string of the molecule is C.CC(C)C.CC(C)C.CC(C)C.CC(C)n1c2ccccc2c2ccccc21.c1ccc(N(c2ccccc2)c2ccccc2)cc1.c1ccc2c(c1)c1cccc3c4ccccc4n2c13.c1ccc2c(c1)c1cccc3c4ccccc4n2c13. The van der Waals surface area contributed by atoms with Crippen molar-refractivity contribution in [1.29, 1.82) is 0 Å². The molecule has 0 aliphatic carbocycles. The Balaban J connectivity index is 0.000000128. The van der Waals surface area contributed by atoms with E-state index in [0.717, 1.165) is 17.8 Å². The van der Waals surface area contributed by atoms with Crippen molar-refractivity contribution in [3.63, 3.8) is 0 Å². The Bertz CT molecular complexity index is 4190. The van der Waals surface area contributed by atoms with Crippen LogP contribution in [0.25, 0.3) is 98.0 Å². The third kappa shape index (κ3) is 13.0. The molecule has 0 radical (unpaired) electrons. The summed E-state index contributed by atoms with van der Waals surface area (Å²) in [6.45, 7) is 24.0. The van der Waals surface area contributed by atoms with Gasteiger partial charge in [0.2, 0.25) is 0 Å². The van der Waals surface area contributed by atoms with E-state index in [1.165, 1.54) is 115 Å². The molecule has 5 heterocycles. The van der Waals surface area contributed by atoms with Gasteiger partial charge in [0, 0.05) is 88.0 Å². The summed E-state index contributed by atoms with van der Waals surface area (Å²) in [6.07, 6.45) is 0. The third-order valence-electron chi connectivity index (χ3n) is 14.4. The van der Waals surface area contributed by atoms with Crippen molar-refractivity contribution in [1.82, 2.24) is 13.4 Å². The molecule has 0 saturated carbocycles. The molecule has 0 unspecified atom stereocenters. The average Bonchev–Trinajstić information content (AvgIpc) is 1.59. The van der Waals surface area contributed by atoms with Gasteiger partial charge in [-0.2, -0.15) is 0 Å². The Morgan fingerprint density at radius 1 is 0.221 bits per heavy atom. The lowest BCUT2D eigenvalue weighted by Gasteiger charge is -2.25. The number of nitrogens with zero attached hydrogens (tertiary/aromatic N) is 4. The minimum atomic E-state index is 0. The van der Waals surface area contributed by atoms with Crippen LogP contribution in [0.3, 0.4) is 0 Å². The predicted octanol–water partition coefficient (Wildman–Crippen LogP) is 24.8. The number of rotatable bonds is 4. The maximum Gasteiger partial charge on any atom is 0.0620 e. The molecule has 0 bridgehead atoms. The van der Waals surface area contributed by atoms with Crippen LogP contribution in [0.5, 0.6) is 0 Å². The molecule has 0 aliphatic rings. The highest BCUT2D eigenvalue weighted by molar-refractivity contribution is 6.24. The highest BCUT2D eigenvalue weighted by Gasteiger charge is 2.18. The first kappa shape index (κ1) is 61.2. The summed E-state index contributed by atoms with van der Waals surface area (Å²) in [6, 6.07) is 96.9. The minimum absolute atomic E-state index is 0. The molecular formula is C82H86N4. The van der Waals surface area contributed by atoms with Crippen molar-refractivity contribution >= 4 is 115 Å². The lowest BCUT2D eigenvalue weighted by Crippen LogP contribution is -2.09. The molecule has 0 amide bonds. The zero-order valence-corrected chi connectivity index (χ0v) is 51.6. The Morgan fingerprint density at radius 3 is 0.640 bits per heavy atom. The van der Waals surface area contributed by atoms with Gasteiger partial charge in [-0.25, -0.2) is 0 Å². The van der Waals surface area contributed by atoms with E-state index in [9.17, 15) is 0 Å². The van der Waals surface area contributed by atoms with Gasteiger partial charge in [-0.1, -0.05) is 270 Å². The molecule has 4 heteroatoms. The summed E-state index contributed by atoms with van der Waals surface area (Å²) in [7, 11) is 0. The van der Waals surface area contributed by atoms with E-state index < -0.39 is 0 Å². The van der Waals surface area contributed by atoms with E-state index in [2.05, 4.69) is 349 Å². The standard InChI is InChI=1S/2C18H11N.C18H15N.C15H15N.3C4H10.CH4/c2*1-3-10-16-12(6-1)14-8-5-9-15-13-7-2-4-11-17(13)19(16)18(14)15;1-4-10-16(11-5-1)19(17-12-6-2-7-13-17)18-14-8-3-9-15-18;1-11(2)16-14-9-5-3-7-12(14)13-8-4-6-10-15(13)16;3*1-4(2)3;/h2*1-11H;1-15H;3-11H,1-2H3;3*4H,1-3H3;1H4. The summed E-state index contributed by atoms with van der Waals surface area (Å²) in [5, 5.41) is 13.5. The molecule has 434 valence electrons. The first-order valence-electron chi connectivity index (χ1n) is 30.5. The molecule has 0 saturated heterocycles. The van der Waals surface area contributed by atoms with Crippen LogP contribution < -0.4 is 4.90 Å². The second kappa shape index (κ2) is 28.0. The van der Waals surface area contributed by atoms with E-state index in [0.29, 0.717) is 6.04 Å². The zero-order chi connectivity index (χ0) is 59.6. The minimum Gasteiger partial charge on any atom is -0.338 e. The molecule has 5 aromatic heterocycles. The lowest BCUT2D eigenvalue weighted by molar-refractivity contribution is 0.642. The second-order valence-corrected chi connectivity index (χ2v) is 24.2. The van der Waals surface area contributed by atoms with Crippen LogP contribution in [0, 0.1) is 17.8 Å². The smallest absolute Gasteiger partial charge is 0.0620 e. The van der Waals surface area contributed by atoms with Crippen LogP contribution in [-0.4, -0.2) is 13.4 Å². The van der Waals surface area contributed by atoms with E-state index in [-0.39, 0.29) is 7.43 Å². The zero-order valence-electron chi connectivity index (χ0n) is 51.6. The van der Waals surface area contributed by atoms with Gasteiger partial charge in [-0.15, -0.1) is 0 Å². The van der Waals surface area contributed by atoms with Crippen LogP contribution in [-0.2, 0) is 0 Å². The number of benzene rings is 11. The molecule has 0 aliphatic heterocycles. The van der Waals surface area contributed by atoms with E-state index in [4.69, 9.17) is 0 Å². The Morgan fingerprint density at radius 2 is 0.407 bits per heavy atom.